The Morgan fingerprint density at radius 1 is 1.11 bits per heavy atom. The first kappa shape index (κ1) is 19.1. The molecule has 0 atom stereocenters. The van der Waals surface area contributed by atoms with Gasteiger partial charge in [-0.1, -0.05) is 17.7 Å². The van der Waals surface area contributed by atoms with E-state index in [-0.39, 0.29) is 0 Å². The lowest BCUT2D eigenvalue weighted by Crippen LogP contribution is -2.37. The van der Waals surface area contributed by atoms with Gasteiger partial charge in [-0.15, -0.1) is 11.3 Å². The number of aliphatic imine (C=N–C) groups is 1. The lowest BCUT2D eigenvalue weighted by atomic mass is 10.1. The van der Waals surface area contributed by atoms with Crippen LogP contribution in [0.5, 0.6) is 0 Å². The summed E-state index contributed by atoms with van der Waals surface area (Å²) in [6, 6.07) is 8.16. The standard InChI is InChI=1S/C20H25N5OS/c1-13-5-7-16(8-6-13)19-25-17(12-26-19)9-10-22-20(21-4)23-11-18-24-14(2)15(3)27-18/h5-8,12H,9-11H2,1-4H3,(H2,21,22,23). The Kier molecular flexibility index (Phi) is 6.24. The minimum atomic E-state index is 0.655. The number of oxazole rings is 1. The van der Waals surface area contributed by atoms with Gasteiger partial charge in [-0.25, -0.2) is 9.97 Å². The molecule has 0 unspecified atom stereocenters. The highest BCUT2D eigenvalue weighted by Crippen LogP contribution is 2.19. The molecule has 0 aliphatic carbocycles. The summed E-state index contributed by atoms with van der Waals surface area (Å²) in [5.74, 6) is 1.41. The zero-order valence-electron chi connectivity index (χ0n) is 16.2. The van der Waals surface area contributed by atoms with Crippen molar-refractivity contribution in [3.63, 3.8) is 0 Å². The van der Waals surface area contributed by atoms with Crippen molar-refractivity contribution in [2.24, 2.45) is 4.99 Å². The van der Waals surface area contributed by atoms with Gasteiger partial charge in [0.15, 0.2) is 5.96 Å². The maximum atomic E-state index is 5.60. The second-order valence-electron chi connectivity index (χ2n) is 6.36. The van der Waals surface area contributed by atoms with E-state index in [1.165, 1.54) is 10.4 Å². The third-order valence-electron chi connectivity index (χ3n) is 4.23. The van der Waals surface area contributed by atoms with Crippen LogP contribution in [0, 0.1) is 20.8 Å². The Balaban J connectivity index is 1.47. The summed E-state index contributed by atoms with van der Waals surface area (Å²) >= 11 is 1.71. The number of hydrogen-bond acceptors (Lipinski definition) is 5. The van der Waals surface area contributed by atoms with Crippen molar-refractivity contribution in [1.82, 2.24) is 20.6 Å². The fourth-order valence-electron chi connectivity index (χ4n) is 2.55. The monoisotopic (exact) mass is 383 g/mol. The van der Waals surface area contributed by atoms with Crippen molar-refractivity contribution in [1.29, 1.82) is 0 Å². The van der Waals surface area contributed by atoms with Crippen molar-refractivity contribution in [2.45, 2.75) is 33.7 Å². The molecule has 1 aromatic carbocycles. The number of aryl methyl sites for hydroxylation is 3. The van der Waals surface area contributed by atoms with E-state index in [1.54, 1.807) is 24.6 Å². The lowest BCUT2D eigenvalue weighted by Gasteiger charge is -2.09. The number of guanidine groups is 1. The molecule has 0 amide bonds. The first-order chi connectivity index (χ1) is 13.0. The maximum Gasteiger partial charge on any atom is 0.226 e. The highest BCUT2D eigenvalue weighted by Gasteiger charge is 2.08. The van der Waals surface area contributed by atoms with Crippen LogP contribution in [-0.4, -0.2) is 29.5 Å². The molecular weight excluding hydrogens is 358 g/mol. The predicted molar refractivity (Wildman–Crippen MR) is 110 cm³/mol. The van der Waals surface area contributed by atoms with Crippen molar-refractivity contribution >= 4 is 17.3 Å². The van der Waals surface area contributed by atoms with Crippen molar-refractivity contribution < 1.29 is 4.42 Å². The van der Waals surface area contributed by atoms with Gasteiger partial charge in [-0.2, -0.15) is 0 Å². The molecule has 7 heteroatoms. The second-order valence-corrected chi connectivity index (χ2v) is 7.65. The Morgan fingerprint density at radius 2 is 1.89 bits per heavy atom. The van der Waals surface area contributed by atoms with Gasteiger partial charge in [0.05, 0.1) is 17.9 Å². The number of benzene rings is 1. The third kappa shape index (κ3) is 5.17. The van der Waals surface area contributed by atoms with E-state index in [1.807, 2.05) is 19.1 Å². The average Bonchev–Trinajstić information content (AvgIpc) is 3.25. The molecule has 0 radical (unpaired) electrons. The fourth-order valence-corrected chi connectivity index (χ4v) is 3.43. The molecule has 142 valence electrons. The molecule has 3 rings (SSSR count). The Bertz CT molecular complexity index is 891. The molecule has 27 heavy (non-hydrogen) atoms. The molecule has 0 aliphatic rings. The van der Waals surface area contributed by atoms with Gasteiger partial charge >= 0.3 is 0 Å². The minimum Gasteiger partial charge on any atom is -0.444 e. The van der Waals surface area contributed by atoms with Crippen LogP contribution in [-0.2, 0) is 13.0 Å². The molecule has 2 N–H and O–H groups in total. The molecular formula is C20H25N5OS. The molecule has 0 bridgehead atoms. The highest BCUT2D eigenvalue weighted by atomic mass is 32.1. The van der Waals surface area contributed by atoms with E-state index in [4.69, 9.17) is 4.42 Å². The number of aromatic nitrogens is 2. The number of nitrogens with zero attached hydrogens (tertiary/aromatic N) is 3. The quantitative estimate of drug-likeness (QED) is 0.502. The molecule has 3 aromatic rings. The topological polar surface area (TPSA) is 75.3 Å². The minimum absolute atomic E-state index is 0.655. The summed E-state index contributed by atoms with van der Waals surface area (Å²) < 4.78 is 5.60. The highest BCUT2D eigenvalue weighted by molar-refractivity contribution is 7.11. The van der Waals surface area contributed by atoms with Crippen LogP contribution in [0.4, 0.5) is 0 Å². The molecule has 0 spiro atoms. The Morgan fingerprint density at radius 3 is 2.56 bits per heavy atom. The normalized spacial score (nSPS) is 11.6. The van der Waals surface area contributed by atoms with Gasteiger partial charge in [-0.05, 0) is 32.9 Å². The van der Waals surface area contributed by atoms with Crippen molar-refractivity contribution in [2.75, 3.05) is 13.6 Å². The molecule has 6 nitrogen and oxygen atoms in total. The summed E-state index contributed by atoms with van der Waals surface area (Å²) in [5, 5.41) is 7.65. The van der Waals surface area contributed by atoms with E-state index in [0.29, 0.717) is 12.4 Å². The van der Waals surface area contributed by atoms with Crippen LogP contribution >= 0.6 is 11.3 Å². The van der Waals surface area contributed by atoms with E-state index < -0.39 is 0 Å². The van der Waals surface area contributed by atoms with Crippen molar-refractivity contribution in [3.8, 4) is 11.5 Å². The lowest BCUT2D eigenvalue weighted by molar-refractivity contribution is 0.572. The smallest absolute Gasteiger partial charge is 0.226 e. The van der Waals surface area contributed by atoms with Gasteiger partial charge in [0, 0.05) is 30.5 Å². The second kappa shape index (κ2) is 8.81. The predicted octanol–water partition coefficient (Wildman–Crippen LogP) is 3.63. The number of thiazole rings is 1. The van der Waals surface area contributed by atoms with Gasteiger partial charge < -0.3 is 15.1 Å². The molecule has 0 fully saturated rings. The summed E-state index contributed by atoms with van der Waals surface area (Å²) in [4.78, 5) is 14.6. The zero-order chi connectivity index (χ0) is 19.2. The zero-order valence-corrected chi connectivity index (χ0v) is 17.0. The van der Waals surface area contributed by atoms with Gasteiger partial charge in [0.25, 0.3) is 0 Å². The van der Waals surface area contributed by atoms with Crippen LogP contribution < -0.4 is 10.6 Å². The van der Waals surface area contributed by atoms with Crippen molar-refractivity contribution in [3.05, 3.63) is 57.4 Å². The van der Waals surface area contributed by atoms with E-state index in [2.05, 4.69) is 51.6 Å². The molecule has 0 saturated heterocycles. The van der Waals surface area contributed by atoms with E-state index >= 15 is 0 Å². The first-order valence-corrected chi connectivity index (χ1v) is 9.75. The number of hydrogen-bond donors (Lipinski definition) is 2. The Labute approximate surface area is 163 Å². The molecule has 0 saturated carbocycles. The number of nitrogens with one attached hydrogen (secondary N) is 2. The SMILES string of the molecule is CN=C(NCCc1coc(-c2ccc(C)cc2)n1)NCc1nc(C)c(C)s1. The van der Waals surface area contributed by atoms with E-state index in [9.17, 15) is 0 Å². The fraction of sp³-hybridized carbons (Fsp3) is 0.350. The Hall–Kier alpha value is -2.67. The van der Waals surface area contributed by atoms with Crippen LogP contribution in [0.25, 0.3) is 11.5 Å². The molecule has 2 heterocycles. The number of rotatable bonds is 6. The molecule has 2 aromatic heterocycles. The van der Waals surface area contributed by atoms with Crippen LogP contribution in [0.15, 0.2) is 39.9 Å². The van der Waals surface area contributed by atoms with Crippen LogP contribution in [0.2, 0.25) is 0 Å². The maximum absolute atomic E-state index is 5.60. The van der Waals surface area contributed by atoms with E-state index in [0.717, 1.165) is 40.9 Å². The van der Waals surface area contributed by atoms with Gasteiger partial charge in [0.1, 0.15) is 11.3 Å². The van der Waals surface area contributed by atoms with Gasteiger partial charge in [0.2, 0.25) is 5.89 Å². The first-order valence-electron chi connectivity index (χ1n) is 8.94. The van der Waals surface area contributed by atoms with Crippen LogP contribution in [0.1, 0.15) is 26.8 Å². The summed E-state index contributed by atoms with van der Waals surface area (Å²) in [7, 11) is 1.76. The summed E-state index contributed by atoms with van der Waals surface area (Å²) in [5.41, 5.74) is 4.22. The van der Waals surface area contributed by atoms with Gasteiger partial charge in [-0.3, -0.25) is 4.99 Å². The third-order valence-corrected chi connectivity index (χ3v) is 5.30. The summed E-state index contributed by atoms with van der Waals surface area (Å²) in [6.45, 7) is 7.57. The molecule has 0 aliphatic heterocycles. The van der Waals surface area contributed by atoms with Crippen LogP contribution in [0.3, 0.4) is 0 Å². The summed E-state index contributed by atoms with van der Waals surface area (Å²) in [6.07, 6.45) is 2.47. The largest absolute Gasteiger partial charge is 0.444 e. The average molecular weight is 384 g/mol.